The van der Waals surface area contributed by atoms with Gasteiger partial charge in [-0.25, -0.2) is 0 Å². The van der Waals surface area contributed by atoms with E-state index in [4.69, 9.17) is 4.74 Å². The van der Waals surface area contributed by atoms with Crippen LogP contribution in [0.1, 0.15) is 51.7 Å². The first-order valence-electron chi connectivity index (χ1n) is 7.70. The highest BCUT2D eigenvalue weighted by molar-refractivity contribution is 5.36. The van der Waals surface area contributed by atoms with Crippen LogP contribution < -0.4 is 10.1 Å². The number of ether oxygens (including phenoxy) is 1. The van der Waals surface area contributed by atoms with E-state index >= 15 is 0 Å². The van der Waals surface area contributed by atoms with Crippen molar-refractivity contribution in [3.63, 3.8) is 0 Å². The fraction of sp³-hybridized carbons (Fsp3) is 0.667. The van der Waals surface area contributed by atoms with Crippen LogP contribution in [0.15, 0.2) is 18.2 Å². The van der Waals surface area contributed by atoms with Gasteiger partial charge in [0.05, 0.1) is 7.11 Å². The van der Waals surface area contributed by atoms with E-state index < -0.39 is 0 Å². The van der Waals surface area contributed by atoms with Gasteiger partial charge in [0.1, 0.15) is 5.75 Å². The van der Waals surface area contributed by atoms with Gasteiger partial charge in [-0.2, -0.15) is 0 Å². The average molecular weight is 277 g/mol. The normalized spacial score (nSPS) is 13.3. The minimum atomic E-state index is 0.229. The Morgan fingerprint density at radius 1 is 1.20 bits per heavy atom. The number of methoxy groups -OCH3 is 1. The number of benzene rings is 1. The van der Waals surface area contributed by atoms with Crippen molar-refractivity contribution in [3.05, 3.63) is 29.3 Å². The van der Waals surface area contributed by atoms with Gasteiger partial charge in [0.15, 0.2) is 0 Å². The van der Waals surface area contributed by atoms with Gasteiger partial charge in [0.25, 0.3) is 0 Å². The Morgan fingerprint density at radius 3 is 2.45 bits per heavy atom. The van der Waals surface area contributed by atoms with Crippen molar-refractivity contribution in [2.75, 3.05) is 13.7 Å². The molecule has 1 rings (SSSR count). The van der Waals surface area contributed by atoms with Crippen LogP contribution in [0.5, 0.6) is 5.75 Å². The maximum atomic E-state index is 5.30. The van der Waals surface area contributed by atoms with E-state index in [-0.39, 0.29) is 5.54 Å². The molecule has 0 aliphatic rings. The molecular formula is C18H31NO. The number of rotatable bonds is 7. The zero-order valence-electron chi connectivity index (χ0n) is 14.0. The largest absolute Gasteiger partial charge is 0.496 e. The third-order valence-corrected chi connectivity index (χ3v) is 3.68. The molecule has 0 spiro atoms. The molecule has 2 heteroatoms. The summed E-state index contributed by atoms with van der Waals surface area (Å²) >= 11 is 0. The van der Waals surface area contributed by atoms with E-state index in [0.717, 1.165) is 24.6 Å². The van der Waals surface area contributed by atoms with Crippen molar-refractivity contribution in [3.8, 4) is 5.75 Å². The molecule has 1 N–H and O–H groups in total. The molecule has 1 aromatic rings. The van der Waals surface area contributed by atoms with E-state index in [1.165, 1.54) is 24.0 Å². The number of hydrogen-bond acceptors (Lipinski definition) is 2. The Labute approximate surface area is 124 Å². The lowest BCUT2D eigenvalue weighted by molar-refractivity contribution is 0.386. The lowest BCUT2D eigenvalue weighted by Crippen LogP contribution is -2.36. The van der Waals surface area contributed by atoms with Crippen LogP contribution >= 0.6 is 0 Å². The van der Waals surface area contributed by atoms with E-state index in [1.807, 2.05) is 0 Å². The summed E-state index contributed by atoms with van der Waals surface area (Å²) < 4.78 is 5.30. The Bertz CT molecular complexity index is 406. The molecule has 0 saturated heterocycles. The summed E-state index contributed by atoms with van der Waals surface area (Å²) in [5.41, 5.74) is 2.87. The molecular weight excluding hydrogens is 246 g/mol. The van der Waals surface area contributed by atoms with E-state index in [0.29, 0.717) is 0 Å². The van der Waals surface area contributed by atoms with E-state index in [1.54, 1.807) is 7.11 Å². The fourth-order valence-corrected chi connectivity index (χ4v) is 2.35. The second kappa shape index (κ2) is 7.68. The second-order valence-corrected chi connectivity index (χ2v) is 6.91. The molecule has 0 fully saturated rings. The lowest BCUT2D eigenvalue weighted by atomic mass is 9.97. The molecule has 0 saturated carbocycles. The highest BCUT2D eigenvalue weighted by atomic mass is 16.5. The van der Waals surface area contributed by atoms with Crippen molar-refractivity contribution in [2.24, 2.45) is 5.92 Å². The standard InChI is InChI=1S/C18H31NO/c1-14(11-12-19-18(3,4)5)7-8-16-9-10-17(20-6)15(2)13-16/h9-10,13-14,19H,7-8,11-12H2,1-6H3. The highest BCUT2D eigenvalue weighted by Gasteiger charge is 2.10. The first-order chi connectivity index (χ1) is 9.31. The van der Waals surface area contributed by atoms with Gasteiger partial charge in [-0.05, 0) is 76.6 Å². The summed E-state index contributed by atoms with van der Waals surface area (Å²) in [7, 11) is 1.73. The Kier molecular flexibility index (Phi) is 6.54. The lowest BCUT2D eigenvalue weighted by Gasteiger charge is -2.22. The molecule has 0 heterocycles. The Balaban J connectivity index is 2.34. The number of hydrogen-bond donors (Lipinski definition) is 1. The molecule has 0 bridgehead atoms. The van der Waals surface area contributed by atoms with Crippen LogP contribution in [0.4, 0.5) is 0 Å². The maximum Gasteiger partial charge on any atom is 0.121 e. The third-order valence-electron chi connectivity index (χ3n) is 3.68. The van der Waals surface area contributed by atoms with Crippen LogP contribution in [-0.2, 0) is 6.42 Å². The molecule has 0 radical (unpaired) electrons. The summed E-state index contributed by atoms with van der Waals surface area (Å²) in [5, 5.41) is 3.56. The molecule has 114 valence electrons. The van der Waals surface area contributed by atoms with Gasteiger partial charge in [-0.1, -0.05) is 19.1 Å². The van der Waals surface area contributed by atoms with Crippen molar-refractivity contribution in [1.82, 2.24) is 5.32 Å². The summed E-state index contributed by atoms with van der Waals surface area (Å²) in [5.74, 6) is 1.74. The molecule has 0 amide bonds. The topological polar surface area (TPSA) is 21.3 Å². The van der Waals surface area contributed by atoms with Crippen molar-refractivity contribution in [1.29, 1.82) is 0 Å². The zero-order valence-corrected chi connectivity index (χ0v) is 14.0. The van der Waals surface area contributed by atoms with Crippen LogP contribution in [0, 0.1) is 12.8 Å². The molecule has 1 aromatic carbocycles. The Morgan fingerprint density at radius 2 is 1.90 bits per heavy atom. The smallest absolute Gasteiger partial charge is 0.121 e. The fourth-order valence-electron chi connectivity index (χ4n) is 2.35. The van der Waals surface area contributed by atoms with Gasteiger partial charge in [-0.15, -0.1) is 0 Å². The predicted octanol–water partition coefficient (Wildman–Crippen LogP) is 4.35. The quantitative estimate of drug-likeness (QED) is 0.800. The average Bonchev–Trinajstić information content (AvgIpc) is 2.35. The van der Waals surface area contributed by atoms with Crippen molar-refractivity contribution < 1.29 is 4.74 Å². The monoisotopic (exact) mass is 277 g/mol. The summed E-state index contributed by atoms with van der Waals surface area (Å²) in [6, 6.07) is 6.52. The van der Waals surface area contributed by atoms with Crippen LogP contribution in [0.25, 0.3) is 0 Å². The Hall–Kier alpha value is -1.02. The minimum Gasteiger partial charge on any atom is -0.496 e. The molecule has 0 aliphatic heterocycles. The van der Waals surface area contributed by atoms with Crippen LogP contribution in [0.2, 0.25) is 0 Å². The highest BCUT2D eigenvalue weighted by Crippen LogP contribution is 2.20. The minimum absolute atomic E-state index is 0.229. The summed E-state index contributed by atoms with van der Waals surface area (Å²) in [4.78, 5) is 0. The molecule has 1 unspecified atom stereocenters. The maximum absolute atomic E-state index is 5.30. The van der Waals surface area contributed by atoms with Gasteiger partial charge in [0, 0.05) is 5.54 Å². The molecule has 0 aromatic heterocycles. The van der Waals surface area contributed by atoms with Gasteiger partial charge in [0.2, 0.25) is 0 Å². The molecule has 20 heavy (non-hydrogen) atoms. The third kappa shape index (κ3) is 6.42. The zero-order chi connectivity index (χ0) is 15.2. The first-order valence-corrected chi connectivity index (χ1v) is 7.70. The molecule has 0 aliphatic carbocycles. The number of aryl methyl sites for hydroxylation is 2. The second-order valence-electron chi connectivity index (χ2n) is 6.91. The van der Waals surface area contributed by atoms with Crippen molar-refractivity contribution in [2.45, 2.75) is 59.4 Å². The SMILES string of the molecule is COc1ccc(CCC(C)CCNC(C)(C)C)cc1C. The summed E-state index contributed by atoms with van der Waals surface area (Å²) in [6.45, 7) is 12.2. The van der Waals surface area contributed by atoms with Gasteiger partial charge in [-0.3, -0.25) is 0 Å². The molecule has 2 nitrogen and oxygen atoms in total. The van der Waals surface area contributed by atoms with Crippen molar-refractivity contribution >= 4 is 0 Å². The van der Waals surface area contributed by atoms with Crippen LogP contribution in [-0.4, -0.2) is 19.2 Å². The predicted molar refractivity (Wildman–Crippen MR) is 87.6 cm³/mol. The first kappa shape index (κ1) is 17.0. The summed E-state index contributed by atoms with van der Waals surface area (Å²) in [6.07, 6.45) is 3.64. The van der Waals surface area contributed by atoms with Gasteiger partial charge >= 0.3 is 0 Å². The van der Waals surface area contributed by atoms with Crippen LogP contribution in [0.3, 0.4) is 0 Å². The number of nitrogens with one attached hydrogen (secondary N) is 1. The van der Waals surface area contributed by atoms with Gasteiger partial charge < -0.3 is 10.1 Å². The molecule has 1 atom stereocenters. The van der Waals surface area contributed by atoms with E-state index in [9.17, 15) is 0 Å². The van der Waals surface area contributed by atoms with E-state index in [2.05, 4.69) is 58.1 Å².